The maximum absolute atomic E-state index is 13.6. The first-order chi connectivity index (χ1) is 21.9. The quantitative estimate of drug-likeness (QED) is 0.0983. The largest absolute Gasteiger partial charge is 0.504 e. The standard InChI is InChI=1S/C37H38INO6/c1-3-16-39-36(41)28-20-26(21-44-27-12-8-5-9-13-27)33-29(34(28)37(39)42)22-45-31(33)15-14-25(24-10-6-4-7-11-24)17-23-18-30(38)35(40)32(19-23)43-2/h4-13,17-19,28-29,31,34,40H,3,14-16,20-22H2,1-2H3/b25-17-/t28-,29+,31-,34-/m1/s1. The van der Waals surface area contributed by atoms with E-state index < -0.39 is 0 Å². The highest BCUT2D eigenvalue weighted by Crippen LogP contribution is 2.50. The molecule has 1 N–H and O–H groups in total. The van der Waals surface area contributed by atoms with Crippen LogP contribution in [0, 0.1) is 21.3 Å². The van der Waals surface area contributed by atoms with Crippen LogP contribution in [0.3, 0.4) is 0 Å². The minimum absolute atomic E-state index is 0.0534. The van der Waals surface area contributed by atoms with Crippen LogP contribution in [0.1, 0.15) is 43.7 Å². The fourth-order valence-corrected chi connectivity index (χ4v) is 7.70. The van der Waals surface area contributed by atoms with E-state index in [2.05, 4.69) is 40.8 Å². The minimum atomic E-state index is -0.375. The SMILES string of the molecule is CCCN1C(=O)[C@@H]2[C@@H](CC(COc3ccccc3)=C3[C@@H](CC/C(=C/c4cc(I)c(O)c(OC)c4)c4ccccc4)OC[C@@H]32)C1=O. The number of allylic oxidation sites excluding steroid dienone is 1. The van der Waals surface area contributed by atoms with Gasteiger partial charge in [-0.15, -0.1) is 0 Å². The van der Waals surface area contributed by atoms with Crippen LogP contribution in [0.15, 0.2) is 83.9 Å². The van der Waals surface area contributed by atoms with Crippen LogP contribution in [-0.4, -0.2) is 54.8 Å². The Balaban J connectivity index is 1.31. The Morgan fingerprint density at radius 3 is 2.49 bits per heavy atom. The Bertz CT molecular complexity index is 1620. The summed E-state index contributed by atoms with van der Waals surface area (Å²) >= 11 is 2.12. The third-order valence-corrected chi connectivity index (χ3v) is 9.96. The van der Waals surface area contributed by atoms with E-state index in [1.165, 1.54) is 4.90 Å². The number of carbonyl (C=O) groups excluding carboxylic acids is 2. The van der Waals surface area contributed by atoms with Crippen LogP contribution < -0.4 is 9.47 Å². The van der Waals surface area contributed by atoms with Crippen molar-refractivity contribution in [2.24, 2.45) is 17.8 Å². The van der Waals surface area contributed by atoms with Gasteiger partial charge in [0, 0.05) is 12.5 Å². The van der Waals surface area contributed by atoms with E-state index in [0.717, 1.165) is 46.4 Å². The summed E-state index contributed by atoms with van der Waals surface area (Å²) < 4.78 is 18.9. The first-order valence-corrected chi connectivity index (χ1v) is 16.7. The second-order valence-corrected chi connectivity index (χ2v) is 13.0. The summed E-state index contributed by atoms with van der Waals surface area (Å²) in [4.78, 5) is 28.5. The van der Waals surface area contributed by atoms with Crippen molar-refractivity contribution in [1.29, 1.82) is 0 Å². The van der Waals surface area contributed by atoms with Crippen molar-refractivity contribution >= 4 is 46.1 Å². The fourth-order valence-electron chi connectivity index (χ4n) is 7.07. The van der Waals surface area contributed by atoms with Crippen LogP contribution in [0.5, 0.6) is 17.2 Å². The molecule has 0 unspecified atom stereocenters. The molecule has 0 aromatic heterocycles. The molecule has 2 saturated heterocycles. The lowest BCUT2D eigenvalue weighted by Gasteiger charge is -2.32. The monoisotopic (exact) mass is 719 g/mol. The molecule has 6 rings (SSSR count). The van der Waals surface area contributed by atoms with E-state index in [1.54, 1.807) is 7.11 Å². The fraction of sp³-hybridized carbons (Fsp3) is 0.351. The number of phenols is 1. The number of rotatable bonds is 11. The number of likely N-dealkylation sites (tertiary alicyclic amines) is 1. The number of hydrogen-bond donors (Lipinski definition) is 1. The van der Waals surface area contributed by atoms with Gasteiger partial charge in [-0.2, -0.15) is 0 Å². The number of imide groups is 1. The molecule has 234 valence electrons. The Hall–Kier alpha value is -3.63. The van der Waals surface area contributed by atoms with Crippen LogP contribution in [-0.2, 0) is 14.3 Å². The summed E-state index contributed by atoms with van der Waals surface area (Å²) in [6.45, 7) is 3.24. The maximum Gasteiger partial charge on any atom is 0.233 e. The number of fused-ring (bicyclic) bond motifs is 3. The van der Waals surface area contributed by atoms with E-state index in [4.69, 9.17) is 14.2 Å². The predicted octanol–water partition coefficient (Wildman–Crippen LogP) is 7.13. The second kappa shape index (κ2) is 13.8. The van der Waals surface area contributed by atoms with E-state index in [1.807, 2.05) is 67.6 Å². The third kappa shape index (κ3) is 6.40. The van der Waals surface area contributed by atoms with Crippen LogP contribution in [0.2, 0.25) is 0 Å². The van der Waals surface area contributed by atoms with Crippen molar-refractivity contribution in [3.8, 4) is 17.2 Å². The number of benzene rings is 3. The molecule has 45 heavy (non-hydrogen) atoms. The summed E-state index contributed by atoms with van der Waals surface area (Å²) in [6.07, 6.45) is 4.65. The molecule has 3 aromatic carbocycles. The molecule has 0 saturated carbocycles. The summed E-state index contributed by atoms with van der Waals surface area (Å²) in [5.74, 6) is 0.360. The summed E-state index contributed by atoms with van der Waals surface area (Å²) in [5, 5.41) is 10.4. The predicted molar refractivity (Wildman–Crippen MR) is 182 cm³/mol. The van der Waals surface area contributed by atoms with Gasteiger partial charge in [-0.25, -0.2) is 0 Å². The first-order valence-electron chi connectivity index (χ1n) is 15.6. The van der Waals surface area contributed by atoms with Gasteiger partial charge in [0.2, 0.25) is 11.8 Å². The number of nitrogens with zero attached hydrogens (tertiary/aromatic N) is 1. The molecule has 3 aromatic rings. The van der Waals surface area contributed by atoms with Gasteiger partial charge in [-0.3, -0.25) is 14.5 Å². The molecule has 0 radical (unpaired) electrons. The van der Waals surface area contributed by atoms with Gasteiger partial charge in [-0.1, -0.05) is 61.5 Å². The summed E-state index contributed by atoms with van der Waals surface area (Å²) in [7, 11) is 1.55. The van der Waals surface area contributed by atoms with Gasteiger partial charge < -0.3 is 19.3 Å². The zero-order chi connectivity index (χ0) is 31.5. The lowest BCUT2D eigenvalue weighted by Crippen LogP contribution is -2.35. The number of aromatic hydroxyl groups is 1. The number of carbonyl (C=O) groups is 2. The normalized spacial score (nSPS) is 22.9. The molecule has 8 heteroatoms. The van der Waals surface area contributed by atoms with Crippen LogP contribution in [0.4, 0.5) is 0 Å². The highest BCUT2D eigenvalue weighted by atomic mass is 127. The average molecular weight is 720 g/mol. The summed E-state index contributed by atoms with van der Waals surface area (Å²) in [6, 6.07) is 23.7. The van der Waals surface area contributed by atoms with Gasteiger partial charge >= 0.3 is 0 Å². The van der Waals surface area contributed by atoms with E-state index in [9.17, 15) is 14.7 Å². The molecule has 3 aliphatic rings. The molecular formula is C37H38INO6. The van der Waals surface area contributed by atoms with Gasteiger partial charge in [0.15, 0.2) is 11.5 Å². The number of amides is 2. The number of halogens is 1. The molecule has 0 spiro atoms. The Morgan fingerprint density at radius 2 is 1.78 bits per heavy atom. The van der Waals surface area contributed by atoms with E-state index in [-0.39, 0.29) is 41.4 Å². The molecule has 2 heterocycles. The molecular weight excluding hydrogens is 681 g/mol. The smallest absolute Gasteiger partial charge is 0.233 e. The van der Waals surface area contributed by atoms with Crippen molar-refractivity contribution in [2.75, 3.05) is 26.9 Å². The maximum atomic E-state index is 13.6. The van der Waals surface area contributed by atoms with Crippen molar-refractivity contribution in [2.45, 2.75) is 38.7 Å². The number of para-hydroxylation sites is 1. The second-order valence-electron chi connectivity index (χ2n) is 11.9. The lowest BCUT2D eigenvalue weighted by molar-refractivity contribution is -0.140. The lowest BCUT2D eigenvalue weighted by atomic mass is 9.69. The van der Waals surface area contributed by atoms with Crippen molar-refractivity contribution in [1.82, 2.24) is 4.90 Å². The molecule has 2 aliphatic heterocycles. The Kier molecular flexibility index (Phi) is 9.61. The van der Waals surface area contributed by atoms with Gasteiger partial charge in [-0.05, 0) is 100 Å². The Labute approximate surface area is 278 Å². The van der Waals surface area contributed by atoms with Gasteiger partial charge in [0.05, 0.1) is 35.2 Å². The number of hydrogen-bond acceptors (Lipinski definition) is 6. The molecule has 1 aliphatic carbocycles. The molecule has 2 amide bonds. The van der Waals surface area contributed by atoms with E-state index >= 15 is 0 Å². The van der Waals surface area contributed by atoms with Gasteiger partial charge in [0.25, 0.3) is 0 Å². The minimum Gasteiger partial charge on any atom is -0.504 e. The molecule has 4 atom stereocenters. The zero-order valence-corrected chi connectivity index (χ0v) is 27.7. The average Bonchev–Trinajstić information content (AvgIpc) is 3.59. The van der Waals surface area contributed by atoms with Crippen molar-refractivity contribution in [3.05, 3.63) is 98.6 Å². The molecule has 0 bridgehead atoms. The number of methoxy groups -OCH3 is 1. The van der Waals surface area contributed by atoms with Crippen molar-refractivity contribution in [3.63, 3.8) is 0 Å². The number of phenolic OH excluding ortho intramolecular Hbond substituents is 1. The van der Waals surface area contributed by atoms with Crippen LogP contribution >= 0.6 is 22.6 Å². The highest BCUT2D eigenvalue weighted by molar-refractivity contribution is 14.1. The summed E-state index contributed by atoms with van der Waals surface area (Å²) in [5.41, 5.74) is 5.38. The van der Waals surface area contributed by atoms with Crippen molar-refractivity contribution < 1.29 is 28.9 Å². The third-order valence-electron chi connectivity index (χ3n) is 9.13. The molecule has 7 nitrogen and oxygen atoms in total. The topological polar surface area (TPSA) is 85.3 Å². The Morgan fingerprint density at radius 1 is 1.04 bits per heavy atom. The van der Waals surface area contributed by atoms with E-state index in [0.29, 0.717) is 41.9 Å². The molecule has 2 fully saturated rings. The zero-order valence-electron chi connectivity index (χ0n) is 25.6. The highest BCUT2D eigenvalue weighted by Gasteiger charge is 2.56. The van der Waals surface area contributed by atoms with Gasteiger partial charge in [0.1, 0.15) is 12.4 Å². The number of ether oxygens (including phenoxy) is 3. The van der Waals surface area contributed by atoms with Crippen LogP contribution in [0.25, 0.3) is 11.6 Å². The first kappa shape index (κ1) is 31.4.